The highest BCUT2D eigenvalue weighted by molar-refractivity contribution is 7.10. The van der Waals surface area contributed by atoms with Gasteiger partial charge < -0.3 is 5.73 Å². The number of thiophene rings is 1. The van der Waals surface area contributed by atoms with Crippen LogP contribution in [-0.4, -0.2) is 14.7 Å². The van der Waals surface area contributed by atoms with Crippen LogP contribution in [0.1, 0.15) is 29.1 Å². The molecule has 0 saturated carbocycles. The van der Waals surface area contributed by atoms with Crippen LogP contribution < -0.4 is 5.73 Å². The van der Waals surface area contributed by atoms with Gasteiger partial charge in [-0.2, -0.15) is 5.10 Å². The van der Waals surface area contributed by atoms with Gasteiger partial charge in [0.1, 0.15) is 5.69 Å². The minimum absolute atomic E-state index is 0.0996. The Kier molecular flexibility index (Phi) is 3.08. The van der Waals surface area contributed by atoms with Crippen molar-refractivity contribution in [2.24, 2.45) is 0 Å². The summed E-state index contributed by atoms with van der Waals surface area (Å²) in [5, 5.41) is 17.1. The number of rotatable bonds is 3. The zero-order valence-corrected chi connectivity index (χ0v) is 11.2. The molecule has 2 N–H and O–H groups in total. The molecule has 0 aliphatic heterocycles. The maximum Gasteiger partial charge on any atom is 0.333 e. The highest BCUT2D eigenvalue weighted by Crippen LogP contribution is 2.33. The van der Waals surface area contributed by atoms with Gasteiger partial charge in [-0.1, -0.05) is 0 Å². The summed E-state index contributed by atoms with van der Waals surface area (Å²) in [6.07, 6.45) is 0. The quantitative estimate of drug-likeness (QED) is 0.683. The molecule has 0 radical (unpaired) electrons. The van der Waals surface area contributed by atoms with E-state index in [0.29, 0.717) is 5.69 Å². The average molecular weight is 266 g/mol. The van der Waals surface area contributed by atoms with Gasteiger partial charge in [0.05, 0.1) is 11.0 Å². The molecule has 0 amide bonds. The topological polar surface area (TPSA) is 87.0 Å². The van der Waals surface area contributed by atoms with Crippen LogP contribution in [0.5, 0.6) is 0 Å². The van der Waals surface area contributed by atoms with Crippen molar-refractivity contribution in [3.8, 4) is 0 Å². The highest BCUT2D eigenvalue weighted by Gasteiger charge is 2.26. The van der Waals surface area contributed by atoms with Crippen molar-refractivity contribution < 1.29 is 4.92 Å². The van der Waals surface area contributed by atoms with Crippen molar-refractivity contribution >= 4 is 22.8 Å². The Labute approximate surface area is 108 Å². The van der Waals surface area contributed by atoms with Gasteiger partial charge in [-0.25, -0.2) is 4.68 Å². The fourth-order valence-corrected chi connectivity index (χ4v) is 2.97. The van der Waals surface area contributed by atoms with E-state index >= 15 is 0 Å². The molecule has 6 nitrogen and oxygen atoms in total. The summed E-state index contributed by atoms with van der Waals surface area (Å²) in [5.74, 6) is 0.109. The summed E-state index contributed by atoms with van der Waals surface area (Å²) in [4.78, 5) is 11.5. The van der Waals surface area contributed by atoms with Crippen LogP contribution in [0.3, 0.4) is 0 Å². The Bertz CT molecular complexity index is 602. The number of hydrogen-bond acceptors (Lipinski definition) is 5. The third kappa shape index (κ3) is 1.86. The van der Waals surface area contributed by atoms with E-state index in [1.807, 2.05) is 25.3 Å². The largest absolute Gasteiger partial charge is 0.378 e. The van der Waals surface area contributed by atoms with Crippen molar-refractivity contribution in [2.75, 3.05) is 5.73 Å². The molecule has 7 heteroatoms. The highest BCUT2D eigenvalue weighted by atomic mass is 32.1. The van der Waals surface area contributed by atoms with E-state index in [9.17, 15) is 10.1 Å². The molecule has 0 aromatic carbocycles. The number of nitrogen functional groups attached to an aromatic ring is 1. The lowest BCUT2D eigenvalue weighted by Crippen LogP contribution is -2.11. The molecule has 0 saturated heterocycles. The summed E-state index contributed by atoms with van der Waals surface area (Å²) in [5.41, 5.74) is 7.21. The Morgan fingerprint density at radius 2 is 2.22 bits per heavy atom. The predicted octanol–water partition coefficient (Wildman–Crippen LogP) is 2.66. The molecule has 1 atom stereocenters. The Morgan fingerprint density at radius 3 is 2.67 bits per heavy atom. The van der Waals surface area contributed by atoms with Gasteiger partial charge in [-0.3, -0.25) is 10.1 Å². The first kappa shape index (κ1) is 12.6. The molecule has 2 aromatic rings. The lowest BCUT2D eigenvalue weighted by molar-refractivity contribution is -0.384. The van der Waals surface area contributed by atoms with E-state index in [1.54, 1.807) is 18.3 Å². The average Bonchev–Trinajstić information content (AvgIpc) is 2.82. The fraction of sp³-hybridized carbons (Fsp3) is 0.364. The van der Waals surface area contributed by atoms with Crippen LogP contribution in [0.4, 0.5) is 11.5 Å². The SMILES string of the molecule is Cc1ccsc1C(C)n1nc(C)c([N+](=O)[O-])c1N. The fourth-order valence-electron chi connectivity index (χ4n) is 2.00. The Morgan fingerprint density at radius 1 is 1.56 bits per heavy atom. The van der Waals surface area contributed by atoms with E-state index in [-0.39, 0.29) is 17.5 Å². The Hall–Kier alpha value is -1.89. The van der Waals surface area contributed by atoms with Crippen LogP contribution in [0.2, 0.25) is 0 Å². The molecular formula is C11H14N4O2S. The first-order chi connectivity index (χ1) is 8.43. The van der Waals surface area contributed by atoms with Crippen LogP contribution in [0.15, 0.2) is 11.4 Å². The van der Waals surface area contributed by atoms with E-state index in [0.717, 1.165) is 10.4 Å². The van der Waals surface area contributed by atoms with Crippen molar-refractivity contribution in [3.63, 3.8) is 0 Å². The summed E-state index contributed by atoms with van der Waals surface area (Å²) in [6.45, 7) is 5.54. The second-order valence-corrected chi connectivity index (χ2v) is 5.11. The van der Waals surface area contributed by atoms with E-state index in [1.165, 1.54) is 4.68 Å². The molecule has 0 aliphatic rings. The van der Waals surface area contributed by atoms with Crippen LogP contribution in [0, 0.1) is 24.0 Å². The van der Waals surface area contributed by atoms with E-state index in [2.05, 4.69) is 5.10 Å². The molecule has 0 bridgehead atoms. The monoisotopic (exact) mass is 266 g/mol. The van der Waals surface area contributed by atoms with Crippen molar-refractivity contribution in [1.29, 1.82) is 0 Å². The standard InChI is InChI=1S/C11H14N4O2S/c1-6-4-5-18-10(6)8(3)14-11(12)9(15(16)17)7(2)13-14/h4-5,8H,12H2,1-3H3. The lowest BCUT2D eigenvalue weighted by atomic mass is 10.2. The van der Waals surface area contributed by atoms with Crippen LogP contribution >= 0.6 is 11.3 Å². The number of aromatic nitrogens is 2. The second-order valence-electron chi connectivity index (χ2n) is 4.16. The molecule has 96 valence electrons. The maximum absolute atomic E-state index is 10.9. The number of hydrogen-bond donors (Lipinski definition) is 1. The number of nitrogens with zero attached hydrogens (tertiary/aromatic N) is 3. The van der Waals surface area contributed by atoms with Gasteiger partial charge in [0.2, 0.25) is 5.82 Å². The molecule has 1 unspecified atom stereocenters. The maximum atomic E-state index is 10.9. The number of nitrogens with two attached hydrogens (primary N) is 1. The summed E-state index contributed by atoms with van der Waals surface area (Å²) in [7, 11) is 0. The summed E-state index contributed by atoms with van der Waals surface area (Å²) in [6, 6.07) is 1.91. The van der Waals surface area contributed by atoms with Crippen molar-refractivity contribution in [3.05, 3.63) is 37.7 Å². The third-order valence-electron chi connectivity index (χ3n) is 2.92. The number of anilines is 1. The molecule has 2 aromatic heterocycles. The minimum Gasteiger partial charge on any atom is -0.378 e. The van der Waals surface area contributed by atoms with Crippen LogP contribution in [-0.2, 0) is 0 Å². The summed E-state index contributed by atoms with van der Waals surface area (Å²) < 4.78 is 1.52. The van der Waals surface area contributed by atoms with E-state index < -0.39 is 4.92 Å². The van der Waals surface area contributed by atoms with Gasteiger partial charge in [0, 0.05) is 4.88 Å². The number of aryl methyl sites for hydroxylation is 2. The molecule has 0 spiro atoms. The molecule has 2 heterocycles. The first-order valence-electron chi connectivity index (χ1n) is 5.46. The molecular weight excluding hydrogens is 252 g/mol. The van der Waals surface area contributed by atoms with Crippen molar-refractivity contribution in [1.82, 2.24) is 9.78 Å². The Balaban J connectivity index is 2.50. The normalized spacial score (nSPS) is 12.6. The van der Waals surface area contributed by atoms with E-state index in [4.69, 9.17) is 5.73 Å². The smallest absolute Gasteiger partial charge is 0.333 e. The zero-order chi connectivity index (χ0) is 13.4. The minimum atomic E-state index is -0.484. The van der Waals surface area contributed by atoms with Gasteiger partial charge in [0.25, 0.3) is 0 Å². The predicted molar refractivity (Wildman–Crippen MR) is 70.9 cm³/mol. The molecule has 0 fully saturated rings. The molecule has 18 heavy (non-hydrogen) atoms. The third-order valence-corrected chi connectivity index (χ3v) is 4.11. The molecule has 2 rings (SSSR count). The zero-order valence-electron chi connectivity index (χ0n) is 10.4. The first-order valence-corrected chi connectivity index (χ1v) is 6.34. The molecule has 0 aliphatic carbocycles. The van der Waals surface area contributed by atoms with Crippen molar-refractivity contribution in [2.45, 2.75) is 26.8 Å². The van der Waals surface area contributed by atoms with Gasteiger partial charge >= 0.3 is 5.69 Å². The lowest BCUT2D eigenvalue weighted by Gasteiger charge is -2.12. The second kappa shape index (κ2) is 4.41. The van der Waals surface area contributed by atoms with Gasteiger partial charge in [-0.15, -0.1) is 11.3 Å². The van der Waals surface area contributed by atoms with Gasteiger partial charge in [0.15, 0.2) is 0 Å². The summed E-state index contributed by atoms with van der Waals surface area (Å²) >= 11 is 1.60. The number of nitro groups is 1. The van der Waals surface area contributed by atoms with Crippen LogP contribution in [0.25, 0.3) is 0 Å². The van der Waals surface area contributed by atoms with Gasteiger partial charge in [-0.05, 0) is 37.8 Å².